The van der Waals surface area contributed by atoms with Crippen LogP contribution in [0, 0.1) is 0 Å². The van der Waals surface area contributed by atoms with Crippen molar-refractivity contribution in [2.45, 2.75) is 25.8 Å². The molecule has 1 aliphatic rings. The Bertz CT molecular complexity index is 606. The Kier molecular flexibility index (Phi) is 3.92. The van der Waals surface area contributed by atoms with Crippen LogP contribution in [0.25, 0.3) is 11.2 Å². The van der Waals surface area contributed by atoms with Crippen LogP contribution in [-0.2, 0) is 0 Å². The van der Waals surface area contributed by atoms with Crippen LogP contribution in [0.4, 0.5) is 11.8 Å². The maximum atomic E-state index is 4.69. The lowest BCUT2D eigenvalue weighted by atomic mass is 10.0. The van der Waals surface area contributed by atoms with Crippen LogP contribution >= 0.6 is 0 Å². The van der Waals surface area contributed by atoms with Gasteiger partial charge in [0, 0.05) is 25.7 Å². The number of imidazole rings is 1. The molecule has 114 valence electrons. The fourth-order valence-electron chi connectivity index (χ4n) is 2.85. The first-order valence-electron chi connectivity index (χ1n) is 7.55. The zero-order valence-electron chi connectivity index (χ0n) is 12.9. The highest BCUT2D eigenvalue weighted by Crippen LogP contribution is 2.26. The standard InChI is InChI=1S/C14H23N7/c1-4-15-14-18-12-11(16-9-17-12)13(19-14)21-7-5-6-10(8-21)20(2)3/h9-10H,4-8H2,1-3H3,(H2,15,16,17,18,19). The number of hydrogen-bond acceptors (Lipinski definition) is 6. The highest BCUT2D eigenvalue weighted by Gasteiger charge is 2.24. The summed E-state index contributed by atoms with van der Waals surface area (Å²) < 4.78 is 0. The number of nitrogens with one attached hydrogen (secondary N) is 2. The van der Waals surface area contributed by atoms with E-state index in [0.29, 0.717) is 12.0 Å². The van der Waals surface area contributed by atoms with Gasteiger partial charge in [-0.05, 0) is 33.9 Å². The number of rotatable bonds is 4. The van der Waals surface area contributed by atoms with E-state index in [2.05, 4.69) is 44.2 Å². The minimum absolute atomic E-state index is 0.564. The molecule has 3 rings (SSSR count). The average molecular weight is 289 g/mol. The molecule has 0 aromatic carbocycles. The molecule has 2 N–H and O–H groups in total. The first-order chi connectivity index (χ1) is 10.2. The summed E-state index contributed by atoms with van der Waals surface area (Å²) in [6.07, 6.45) is 4.10. The summed E-state index contributed by atoms with van der Waals surface area (Å²) in [5.41, 5.74) is 1.65. The molecule has 3 heterocycles. The highest BCUT2D eigenvalue weighted by molar-refractivity contribution is 5.84. The number of hydrogen-bond donors (Lipinski definition) is 2. The van der Waals surface area contributed by atoms with Crippen molar-refractivity contribution in [3.05, 3.63) is 6.33 Å². The quantitative estimate of drug-likeness (QED) is 0.884. The predicted octanol–water partition coefficient (Wildman–Crippen LogP) is 1.32. The Morgan fingerprint density at radius 3 is 3.05 bits per heavy atom. The maximum Gasteiger partial charge on any atom is 0.226 e. The Morgan fingerprint density at radius 2 is 2.29 bits per heavy atom. The second-order valence-electron chi connectivity index (χ2n) is 5.71. The maximum absolute atomic E-state index is 4.69. The van der Waals surface area contributed by atoms with Crippen LogP contribution in [0.3, 0.4) is 0 Å². The molecule has 0 amide bonds. The summed E-state index contributed by atoms with van der Waals surface area (Å²) in [5.74, 6) is 1.61. The predicted molar refractivity (Wildman–Crippen MR) is 84.8 cm³/mol. The summed E-state index contributed by atoms with van der Waals surface area (Å²) in [6, 6.07) is 0.564. The second-order valence-corrected chi connectivity index (χ2v) is 5.71. The van der Waals surface area contributed by atoms with Gasteiger partial charge in [0.05, 0.1) is 6.33 Å². The molecule has 1 unspecified atom stereocenters. The van der Waals surface area contributed by atoms with E-state index in [9.17, 15) is 0 Å². The average Bonchev–Trinajstić information content (AvgIpc) is 2.95. The molecule has 2 aromatic rings. The molecule has 0 aliphatic carbocycles. The zero-order valence-corrected chi connectivity index (χ0v) is 12.9. The van der Waals surface area contributed by atoms with Gasteiger partial charge in [-0.3, -0.25) is 0 Å². The lowest BCUT2D eigenvalue weighted by molar-refractivity contribution is 0.257. The van der Waals surface area contributed by atoms with Gasteiger partial charge in [0.15, 0.2) is 11.5 Å². The van der Waals surface area contributed by atoms with Crippen LogP contribution in [0.15, 0.2) is 6.33 Å². The molecule has 0 spiro atoms. The number of fused-ring (bicyclic) bond motifs is 1. The number of anilines is 2. The molecule has 7 nitrogen and oxygen atoms in total. The van der Waals surface area contributed by atoms with Crippen molar-refractivity contribution in [1.82, 2.24) is 24.8 Å². The second kappa shape index (κ2) is 5.85. The fraction of sp³-hybridized carbons (Fsp3) is 0.643. The van der Waals surface area contributed by atoms with Crippen molar-refractivity contribution in [3.63, 3.8) is 0 Å². The van der Waals surface area contributed by atoms with E-state index in [1.165, 1.54) is 12.8 Å². The molecule has 0 radical (unpaired) electrons. The van der Waals surface area contributed by atoms with Crippen LogP contribution < -0.4 is 10.2 Å². The van der Waals surface area contributed by atoms with Crippen molar-refractivity contribution < 1.29 is 0 Å². The van der Waals surface area contributed by atoms with Crippen molar-refractivity contribution in [2.75, 3.05) is 43.9 Å². The van der Waals surface area contributed by atoms with Gasteiger partial charge in [-0.25, -0.2) is 4.98 Å². The third-order valence-corrected chi connectivity index (χ3v) is 4.03. The number of aromatic nitrogens is 4. The van der Waals surface area contributed by atoms with Gasteiger partial charge < -0.3 is 20.1 Å². The molecule has 7 heteroatoms. The summed E-state index contributed by atoms with van der Waals surface area (Å²) in [6.45, 7) is 4.86. The number of H-pyrrole nitrogens is 1. The SMILES string of the molecule is CCNc1nc(N2CCCC(N(C)C)C2)c2[nH]cnc2n1. The van der Waals surface area contributed by atoms with Crippen molar-refractivity contribution in [3.8, 4) is 0 Å². The lowest BCUT2D eigenvalue weighted by Crippen LogP contribution is -2.45. The number of piperidine rings is 1. The van der Waals surface area contributed by atoms with Crippen LogP contribution in [0.1, 0.15) is 19.8 Å². The smallest absolute Gasteiger partial charge is 0.226 e. The van der Waals surface area contributed by atoms with E-state index in [0.717, 1.165) is 36.6 Å². The van der Waals surface area contributed by atoms with Gasteiger partial charge >= 0.3 is 0 Å². The van der Waals surface area contributed by atoms with Gasteiger partial charge in [-0.2, -0.15) is 9.97 Å². The molecule has 1 atom stereocenters. The van der Waals surface area contributed by atoms with Gasteiger partial charge in [-0.15, -0.1) is 0 Å². The molecule has 0 bridgehead atoms. The molecule has 21 heavy (non-hydrogen) atoms. The largest absolute Gasteiger partial charge is 0.354 e. The molecule has 0 saturated carbocycles. The third kappa shape index (κ3) is 2.78. The van der Waals surface area contributed by atoms with Crippen molar-refractivity contribution in [1.29, 1.82) is 0 Å². The Hall–Kier alpha value is -1.89. The first-order valence-corrected chi connectivity index (χ1v) is 7.55. The van der Waals surface area contributed by atoms with Gasteiger partial charge in [0.2, 0.25) is 5.95 Å². The number of aromatic amines is 1. The highest BCUT2D eigenvalue weighted by atomic mass is 15.3. The van der Waals surface area contributed by atoms with E-state index in [4.69, 9.17) is 4.98 Å². The van der Waals surface area contributed by atoms with Crippen molar-refractivity contribution in [2.24, 2.45) is 0 Å². The van der Waals surface area contributed by atoms with E-state index in [1.807, 2.05) is 6.92 Å². The minimum Gasteiger partial charge on any atom is -0.354 e. The van der Waals surface area contributed by atoms with E-state index in [1.54, 1.807) is 6.33 Å². The van der Waals surface area contributed by atoms with E-state index >= 15 is 0 Å². The molecular formula is C14H23N7. The summed E-state index contributed by atoms with van der Waals surface area (Å²) >= 11 is 0. The van der Waals surface area contributed by atoms with E-state index < -0.39 is 0 Å². The Balaban J connectivity index is 1.96. The number of likely N-dealkylation sites (N-methyl/N-ethyl adjacent to an activating group) is 1. The fourth-order valence-corrected chi connectivity index (χ4v) is 2.85. The molecule has 1 aliphatic heterocycles. The first kappa shape index (κ1) is 14.1. The normalized spacial score (nSPS) is 19.4. The topological polar surface area (TPSA) is 73.0 Å². The summed E-state index contributed by atoms with van der Waals surface area (Å²) in [5, 5.41) is 3.19. The van der Waals surface area contributed by atoms with Gasteiger partial charge in [-0.1, -0.05) is 0 Å². The zero-order chi connectivity index (χ0) is 14.8. The van der Waals surface area contributed by atoms with Crippen LogP contribution in [0.5, 0.6) is 0 Å². The van der Waals surface area contributed by atoms with Crippen LogP contribution in [-0.4, -0.2) is 64.6 Å². The summed E-state index contributed by atoms with van der Waals surface area (Å²) in [4.78, 5) is 21.2. The molecule has 1 fully saturated rings. The molecular weight excluding hydrogens is 266 g/mol. The monoisotopic (exact) mass is 289 g/mol. The lowest BCUT2D eigenvalue weighted by Gasteiger charge is -2.36. The Labute approximate surface area is 124 Å². The molecule has 1 saturated heterocycles. The number of nitrogens with zero attached hydrogens (tertiary/aromatic N) is 5. The van der Waals surface area contributed by atoms with E-state index in [-0.39, 0.29) is 0 Å². The summed E-state index contributed by atoms with van der Waals surface area (Å²) in [7, 11) is 4.29. The van der Waals surface area contributed by atoms with Gasteiger partial charge in [0.1, 0.15) is 5.52 Å². The minimum atomic E-state index is 0.564. The molecule has 2 aromatic heterocycles. The van der Waals surface area contributed by atoms with Crippen LogP contribution in [0.2, 0.25) is 0 Å². The van der Waals surface area contributed by atoms with Crippen molar-refractivity contribution >= 4 is 22.9 Å². The van der Waals surface area contributed by atoms with Gasteiger partial charge in [0.25, 0.3) is 0 Å². The Morgan fingerprint density at radius 1 is 1.43 bits per heavy atom. The third-order valence-electron chi connectivity index (χ3n) is 4.03.